The average Bonchev–Trinajstić information content (AvgIpc) is 2.74. The lowest BCUT2D eigenvalue weighted by molar-refractivity contribution is 0.108. The van der Waals surface area contributed by atoms with Crippen molar-refractivity contribution in [3.8, 4) is 0 Å². The summed E-state index contributed by atoms with van der Waals surface area (Å²) < 4.78 is 0. The number of rotatable bonds is 11. The van der Waals surface area contributed by atoms with Crippen LogP contribution in [0.15, 0.2) is 58.8 Å². The van der Waals surface area contributed by atoms with Gasteiger partial charge in [0.25, 0.3) is 0 Å². The van der Waals surface area contributed by atoms with Crippen molar-refractivity contribution in [1.82, 2.24) is 0 Å². The first-order valence-corrected chi connectivity index (χ1v) is 12.4. The maximum absolute atomic E-state index is 12.7. The number of allylic oxidation sites excluding steroid dienone is 1. The van der Waals surface area contributed by atoms with Crippen molar-refractivity contribution in [1.29, 1.82) is 0 Å². The first-order valence-electron chi connectivity index (χ1n) is 10.7. The van der Waals surface area contributed by atoms with E-state index in [0.29, 0.717) is 11.1 Å². The normalized spacial score (nSPS) is 11.5. The molecule has 0 saturated carbocycles. The molecule has 160 valence electrons. The summed E-state index contributed by atoms with van der Waals surface area (Å²) in [5.41, 5.74) is 3.67. The highest BCUT2D eigenvalue weighted by Gasteiger charge is 2.12. The lowest BCUT2D eigenvalue weighted by atomic mass is 10.1. The fourth-order valence-electron chi connectivity index (χ4n) is 2.96. The standard InChI is InChI=1S/C26H32O2S2/c1-4-5-6-7-8-9-10-24(30-26(28)23-17-13-21(3)14-18-23)19-29-25(27)22-15-11-20(2)12-16-22/h11-19H,4-10H2,1-3H3/b24-19-. The van der Waals surface area contributed by atoms with Crippen molar-refractivity contribution < 1.29 is 9.59 Å². The van der Waals surface area contributed by atoms with Crippen LogP contribution in [0.2, 0.25) is 0 Å². The summed E-state index contributed by atoms with van der Waals surface area (Å²) in [6.45, 7) is 6.24. The number of hydrogen-bond acceptors (Lipinski definition) is 4. The molecule has 30 heavy (non-hydrogen) atoms. The van der Waals surface area contributed by atoms with Crippen LogP contribution in [0.25, 0.3) is 0 Å². The fourth-order valence-corrected chi connectivity index (χ4v) is 4.66. The van der Waals surface area contributed by atoms with Crippen molar-refractivity contribution >= 4 is 33.8 Å². The molecule has 2 rings (SSSR count). The van der Waals surface area contributed by atoms with E-state index in [2.05, 4.69) is 6.92 Å². The summed E-state index contributed by atoms with van der Waals surface area (Å²) >= 11 is 2.44. The average molecular weight is 441 g/mol. The summed E-state index contributed by atoms with van der Waals surface area (Å²) in [6.07, 6.45) is 8.06. The number of unbranched alkanes of at least 4 members (excludes halogenated alkanes) is 5. The molecule has 0 unspecified atom stereocenters. The summed E-state index contributed by atoms with van der Waals surface area (Å²) in [5, 5.41) is 1.93. The van der Waals surface area contributed by atoms with Gasteiger partial charge in [0.15, 0.2) is 0 Å². The van der Waals surface area contributed by atoms with E-state index in [1.807, 2.05) is 67.8 Å². The van der Waals surface area contributed by atoms with E-state index in [4.69, 9.17) is 0 Å². The molecular formula is C26H32O2S2. The van der Waals surface area contributed by atoms with Crippen LogP contribution in [0.5, 0.6) is 0 Å². The van der Waals surface area contributed by atoms with Gasteiger partial charge in [0.1, 0.15) is 0 Å². The molecule has 0 N–H and O–H groups in total. The van der Waals surface area contributed by atoms with E-state index < -0.39 is 0 Å². The molecule has 0 fully saturated rings. The largest absolute Gasteiger partial charge is 0.281 e. The van der Waals surface area contributed by atoms with Gasteiger partial charge >= 0.3 is 0 Å². The third-order valence-electron chi connectivity index (χ3n) is 4.87. The van der Waals surface area contributed by atoms with Gasteiger partial charge in [-0.05, 0) is 37.0 Å². The van der Waals surface area contributed by atoms with Gasteiger partial charge in [0.2, 0.25) is 10.2 Å². The number of carbonyl (C=O) groups is 2. The molecule has 0 atom stereocenters. The molecule has 0 aliphatic heterocycles. The second-order valence-corrected chi connectivity index (χ2v) is 9.57. The number of carbonyl (C=O) groups excluding carboxylic acids is 2. The van der Waals surface area contributed by atoms with Gasteiger partial charge in [-0.15, -0.1) is 0 Å². The Kier molecular flexibility index (Phi) is 11.0. The Morgan fingerprint density at radius 3 is 1.80 bits per heavy atom. The summed E-state index contributed by atoms with van der Waals surface area (Å²) in [4.78, 5) is 26.2. The minimum atomic E-state index is 0.0128. The molecule has 0 bridgehead atoms. The van der Waals surface area contributed by atoms with Crippen LogP contribution >= 0.6 is 23.5 Å². The van der Waals surface area contributed by atoms with E-state index >= 15 is 0 Å². The molecule has 0 amide bonds. The molecule has 0 aliphatic carbocycles. The van der Waals surface area contributed by atoms with Crippen LogP contribution in [0.4, 0.5) is 0 Å². The molecule has 2 aromatic carbocycles. The fraction of sp³-hybridized carbons (Fsp3) is 0.385. The van der Waals surface area contributed by atoms with Crippen molar-refractivity contribution in [2.24, 2.45) is 0 Å². The number of aryl methyl sites for hydroxylation is 2. The first-order chi connectivity index (χ1) is 14.5. The molecule has 0 aromatic heterocycles. The summed E-state index contributed by atoms with van der Waals surface area (Å²) in [6, 6.07) is 15.3. The molecule has 0 heterocycles. The number of hydrogen-bond donors (Lipinski definition) is 0. The highest BCUT2D eigenvalue weighted by Crippen LogP contribution is 2.30. The van der Waals surface area contributed by atoms with Crippen molar-refractivity contribution in [2.45, 2.75) is 65.7 Å². The molecule has 0 aliphatic rings. The molecule has 0 radical (unpaired) electrons. The van der Waals surface area contributed by atoms with Crippen LogP contribution in [-0.2, 0) is 0 Å². The SMILES string of the molecule is CCCCCCCC/C(=C/SC(=O)c1ccc(C)cc1)SC(=O)c1ccc(C)cc1. The van der Waals surface area contributed by atoms with Gasteiger partial charge in [0, 0.05) is 11.1 Å². The zero-order chi connectivity index (χ0) is 21.8. The van der Waals surface area contributed by atoms with Crippen molar-refractivity contribution in [2.75, 3.05) is 0 Å². The second kappa shape index (κ2) is 13.5. The minimum Gasteiger partial charge on any atom is -0.281 e. The van der Waals surface area contributed by atoms with Crippen LogP contribution in [0, 0.1) is 13.8 Å². The van der Waals surface area contributed by atoms with E-state index in [0.717, 1.165) is 35.3 Å². The maximum atomic E-state index is 12.7. The van der Waals surface area contributed by atoms with Crippen LogP contribution in [-0.4, -0.2) is 10.2 Å². The van der Waals surface area contributed by atoms with Gasteiger partial charge in [0.05, 0.1) is 0 Å². The van der Waals surface area contributed by atoms with Gasteiger partial charge in [-0.25, -0.2) is 0 Å². The lowest BCUT2D eigenvalue weighted by Gasteiger charge is -2.08. The molecule has 0 saturated heterocycles. The highest BCUT2D eigenvalue weighted by molar-refractivity contribution is 8.20. The minimum absolute atomic E-state index is 0.0128. The van der Waals surface area contributed by atoms with Gasteiger partial charge in [-0.1, -0.05) is 122 Å². The van der Waals surface area contributed by atoms with Gasteiger partial charge in [-0.3, -0.25) is 9.59 Å². The van der Waals surface area contributed by atoms with E-state index in [9.17, 15) is 9.59 Å². The molecule has 4 heteroatoms. The zero-order valence-electron chi connectivity index (χ0n) is 18.3. The topological polar surface area (TPSA) is 34.1 Å². The Labute approximate surface area is 189 Å². The number of thioether (sulfide) groups is 2. The molecule has 0 spiro atoms. The Morgan fingerprint density at radius 1 is 0.733 bits per heavy atom. The Bertz CT molecular complexity index is 836. The Morgan fingerprint density at radius 2 is 1.23 bits per heavy atom. The van der Waals surface area contributed by atoms with Crippen LogP contribution in [0.1, 0.15) is 83.7 Å². The molecule has 2 aromatic rings. The zero-order valence-corrected chi connectivity index (χ0v) is 19.9. The predicted octanol–water partition coefficient (Wildman–Crippen LogP) is 8.34. The number of benzene rings is 2. The summed E-state index contributed by atoms with van der Waals surface area (Å²) in [7, 11) is 0. The van der Waals surface area contributed by atoms with Crippen molar-refractivity contribution in [3.63, 3.8) is 0 Å². The Balaban J connectivity index is 2.00. The van der Waals surface area contributed by atoms with E-state index in [1.54, 1.807) is 0 Å². The highest BCUT2D eigenvalue weighted by atomic mass is 32.2. The van der Waals surface area contributed by atoms with Gasteiger partial charge in [-0.2, -0.15) is 0 Å². The lowest BCUT2D eigenvalue weighted by Crippen LogP contribution is -1.96. The van der Waals surface area contributed by atoms with E-state index in [-0.39, 0.29) is 10.2 Å². The monoisotopic (exact) mass is 440 g/mol. The Hall–Kier alpha value is -1.78. The third-order valence-corrected chi connectivity index (χ3v) is 6.88. The van der Waals surface area contributed by atoms with E-state index in [1.165, 1.54) is 49.2 Å². The molecular weight excluding hydrogens is 408 g/mol. The van der Waals surface area contributed by atoms with Gasteiger partial charge < -0.3 is 0 Å². The smallest absolute Gasteiger partial charge is 0.223 e. The van der Waals surface area contributed by atoms with Crippen molar-refractivity contribution in [3.05, 3.63) is 81.1 Å². The second-order valence-electron chi connectivity index (χ2n) is 7.63. The first kappa shape index (κ1) is 24.5. The maximum Gasteiger partial charge on any atom is 0.223 e. The van der Waals surface area contributed by atoms with Crippen LogP contribution in [0.3, 0.4) is 0 Å². The third kappa shape index (κ3) is 8.93. The van der Waals surface area contributed by atoms with Crippen LogP contribution < -0.4 is 0 Å². The molecule has 2 nitrogen and oxygen atoms in total. The quantitative estimate of drug-likeness (QED) is 0.329. The predicted molar refractivity (Wildman–Crippen MR) is 132 cm³/mol. The summed E-state index contributed by atoms with van der Waals surface area (Å²) in [5.74, 6) is 0.